The summed E-state index contributed by atoms with van der Waals surface area (Å²) >= 11 is 0. The molecule has 1 aliphatic rings. The molecule has 0 bridgehead atoms. The van der Waals surface area contributed by atoms with Crippen molar-refractivity contribution in [1.29, 1.82) is 0 Å². The Morgan fingerprint density at radius 1 is 1.44 bits per heavy atom. The maximum atomic E-state index is 6.14. The Labute approximate surface area is 96.6 Å². The SMILES string of the molecule is Cn1ncnc1CC(N)CC1=CCCCC1. The average Bonchev–Trinajstić information content (AvgIpc) is 2.66. The highest BCUT2D eigenvalue weighted by Crippen LogP contribution is 2.21. The predicted octanol–water partition coefficient (Wildman–Crippen LogP) is 1.58. The van der Waals surface area contributed by atoms with Crippen molar-refractivity contribution in [1.82, 2.24) is 14.8 Å². The first-order chi connectivity index (χ1) is 7.75. The fourth-order valence-corrected chi connectivity index (χ4v) is 2.24. The Morgan fingerprint density at radius 2 is 2.31 bits per heavy atom. The molecular weight excluding hydrogens is 200 g/mol. The molecule has 16 heavy (non-hydrogen) atoms. The first-order valence-corrected chi connectivity index (χ1v) is 6.02. The lowest BCUT2D eigenvalue weighted by atomic mass is 9.93. The molecule has 0 fully saturated rings. The summed E-state index contributed by atoms with van der Waals surface area (Å²) in [4.78, 5) is 4.20. The summed E-state index contributed by atoms with van der Waals surface area (Å²) < 4.78 is 1.80. The molecular formula is C12H20N4. The summed E-state index contributed by atoms with van der Waals surface area (Å²) in [5.41, 5.74) is 7.67. The Kier molecular flexibility index (Phi) is 3.72. The third-order valence-corrected chi connectivity index (χ3v) is 3.16. The van der Waals surface area contributed by atoms with Gasteiger partial charge in [-0.1, -0.05) is 11.6 Å². The van der Waals surface area contributed by atoms with E-state index in [0.29, 0.717) is 0 Å². The third kappa shape index (κ3) is 2.92. The molecule has 0 amide bonds. The van der Waals surface area contributed by atoms with Gasteiger partial charge >= 0.3 is 0 Å². The van der Waals surface area contributed by atoms with Crippen LogP contribution >= 0.6 is 0 Å². The highest BCUT2D eigenvalue weighted by Gasteiger charge is 2.12. The van der Waals surface area contributed by atoms with Gasteiger partial charge in [-0.15, -0.1) is 0 Å². The van der Waals surface area contributed by atoms with E-state index in [2.05, 4.69) is 16.2 Å². The van der Waals surface area contributed by atoms with Gasteiger partial charge in [0.15, 0.2) is 0 Å². The zero-order chi connectivity index (χ0) is 11.4. The molecule has 1 heterocycles. The number of nitrogens with two attached hydrogens (primary N) is 1. The normalized spacial score (nSPS) is 18.2. The molecule has 0 saturated carbocycles. The second-order valence-corrected chi connectivity index (χ2v) is 4.58. The van der Waals surface area contributed by atoms with Crippen molar-refractivity contribution < 1.29 is 0 Å². The number of hydrogen-bond donors (Lipinski definition) is 1. The number of aromatic nitrogens is 3. The molecule has 1 aromatic heterocycles. The van der Waals surface area contributed by atoms with Crippen LogP contribution in [0.3, 0.4) is 0 Å². The molecule has 88 valence electrons. The first-order valence-electron chi connectivity index (χ1n) is 6.02. The second-order valence-electron chi connectivity index (χ2n) is 4.58. The highest BCUT2D eigenvalue weighted by atomic mass is 15.3. The van der Waals surface area contributed by atoms with Crippen molar-refractivity contribution in [3.05, 3.63) is 23.8 Å². The van der Waals surface area contributed by atoms with Gasteiger partial charge in [0.2, 0.25) is 0 Å². The number of nitrogens with zero attached hydrogens (tertiary/aromatic N) is 3. The van der Waals surface area contributed by atoms with Gasteiger partial charge in [-0.3, -0.25) is 4.68 Å². The lowest BCUT2D eigenvalue weighted by molar-refractivity contribution is 0.575. The lowest BCUT2D eigenvalue weighted by Crippen LogP contribution is -2.25. The number of aryl methyl sites for hydroxylation is 1. The minimum atomic E-state index is 0.173. The van der Waals surface area contributed by atoms with E-state index in [1.807, 2.05) is 7.05 Å². The van der Waals surface area contributed by atoms with Crippen molar-refractivity contribution in [2.75, 3.05) is 0 Å². The van der Waals surface area contributed by atoms with E-state index in [1.165, 1.54) is 31.3 Å². The summed E-state index contributed by atoms with van der Waals surface area (Å²) in [7, 11) is 1.91. The fourth-order valence-electron chi connectivity index (χ4n) is 2.24. The van der Waals surface area contributed by atoms with Crippen molar-refractivity contribution in [3.63, 3.8) is 0 Å². The van der Waals surface area contributed by atoms with E-state index < -0.39 is 0 Å². The molecule has 4 heteroatoms. The molecule has 1 aliphatic carbocycles. The van der Waals surface area contributed by atoms with E-state index in [9.17, 15) is 0 Å². The molecule has 2 N–H and O–H groups in total. The van der Waals surface area contributed by atoms with E-state index in [0.717, 1.165) is 18.7 Å². The Bertz CT molecular complexity index is 367. The van der Waals surface area contributed by atoms with E-state index in [4.69, 9.17) is 5.73 Å². The standard InChI is InChI=1S/C12H20N4/c1-16-12(14-9-15-16)8-11(13)7-10-5-3-2-4-6-10/h5,9,11H,2-4,6-8,13H2,1H3. The summed E-state index contributed by atoms with van der Waals surface area (Å²) in [6.45, 7) is 0. The summed E-state index contributed by atoms with van der Waals surface area (Å²) in [6.07, 6.45) is 10.9. The molecule has 0 radical (unpaired) electrons. The van der Waals surface area contributed by atoms with Crippen molar-refractivity contribution in [3.8, 4) is 0 Å². The summed E-state index contributed by atoms with van der Waals surface area (Å²) in [5, 5.41) is 4.05. The number of allylic oxidation sites excluding steroid dienone is 1. The summed E-state index contributed by atoms with van der Waals surface area (Å²) in [5.74, 6) is 0.976. The van der Waals surface area contributed by atoms with Crippen LogP contribution in [0.15, 0.2) is 18.0 Å². The quantitative estimate of drug-likeness (QED) is 0.784. The minimum absolute atomic E-state index is 0.173. The Balaban J connectivity index is 1.86. The van der Waals surface area contributed by atoms with Crippen LogP contribution in [0.5, 0.6) is 0 Å². The smallest absolute Gasteiger partial charge is 0.138 e. The van der Waals surface area contributed by atoms with E-state index in [1.54, 1.807) is 11.0 Å². The van der Waals surface area contributed by atoms with Crippen molar-refractivity contribution >= 4 is 0 Å². The zero-order valence-corrected chi connectivity index (χ0v) is 9.89. The van der Waals surface area contributed by atoms with Crippen molar-refractivity contribution in [2.45, 2.75) is 44.6 Å². The number of rotatable bonds is 4. The van der Waals surface area contributed by atoms with E-state index in [-0.39, 0.29) is 6.04 Å². The fraction of sp³-hybridized carbons (Fsp3) is 0.667. The van der Waals surface area contributed by atoms with Crippen LogP contribution in [-0.2, 0) is 13.5 Å². The maximum Gasteiger partial charge on any atom is 0.138 e. The van der Waals surface area contributed by atoms with Gasteiger partial charge in [-0.25, -0.2) is 4.98 Å². The van der Waals surface area contributed by atoms with Gasteiger partial charge in [0.1, 0.15) is 12.2 Å². The van der Waals surface area contributed by atoms with Gasteiger partial charge in [0, 0.05) is 19.5 Å². The Hall–Kier alpha value is -1.16. The van der Waals surface area contributed by atoms with Crippen LogP contribution in [0.25, 0.3) is 0 Å². The largest absolute Gasteiger partial charge is 0.327 e. The molecule has 1 aromatic rings. The average molecular weight is 220 g/mol. The van der Waals surface area contributed by atoms with Gasteiger partial charge in [0.05, 0.1) is 0 Å². The van der Waals surface area contributed by atoms with Gasteiger partial charge < -0.3 is 5.73 Å². The van der Waals surface area contributed by atoms with Gasteiger partial charge in [-0.2, -0.15) is 5.10 Å². The molecule has 2 rings (SSSR count). The molecule has 0 aromatic carbocycles. The molecule has 4 nitrogen and oxygen atoms in total. The topological polar surface area (TPSA) is 56.7 Å². The maximum absolute atomic E-state index is 6.14. The Morgan fingerprint density at radius 3 is 2.94 bits per heavy atom. The van der Waals surface area contributed by atoms with Crippen LogP contribution in [0.1, 0.15) is 37.9 Å². The highest BCUT2D eigenvalue weighted by molar-refractivity contribution is 5.07. The molecule has 0 spiro atoms. The molecule has 0 aliphatic heterocycles. The summed E-state index contributed by atoms with van der Waals surface area (Å²) in [6, 6.07) is 0.173. The minimum Gasteiger partial charge on any atom is -0.327 e. The van der Waals surface area contributed by atoms with E-state index >= 15 is 0 Å². The lowest BCUT2D eigenvalue weighted by Gasteiger charge is -2.16. The zero-order valence-electron chi connectivity index (χ0n) is 9.89. The molecule has 0 saturated heterocycles. The first kappa shape index (κ1) is 11.3. The molecule has 1 atom stereocenters. The number of hydrogen-bond acceptors (Lipinski definition) is 3. The predicted molar refractivity (Wildman–Crippen MR) is 63.9 cm³/mol. The van der Waals surface area contributed by atoms with Crippen molar-refractivity contribution in [2.24, 2.45) is 12.8 Å². The van der Waals surface area contributed by atoms with Crippen LogP contribution in [0.4, 0.5) is 0 Å². The monoisotopic (exact) mass is 220 g/mol. The second kappa shape index (κ2) is 5.25. The van der Waals surface area contributed by atoms with Crippen LogP contribution in [0.2, 0.25) is 0 Å². The molecule has 1 unspecified atom stereocenters. The van der Waals surface area contributed by atoms with Gasteiger partial charge in [-0.05, 0) is 32.1 Å². The van der Waals surface area contributed by atoms with Crippen LogP contribution in [-0.4, -0.2) is 20.8 Å². The third-order valence-electron chi connectivity index (χ3n) is 3.16. The van der Waals surface area contributed by atoms with Crippen LogP contribution < -0.4 is 5.73 Å². The van der Waals surface area contributed by atoms with Crippen LogP contribution in [0, 0.1) is 0 Å². The van der Waals surface area contributed by atoms with Gasteiger partial charge in [0.25, 0.3) is 0 Å².